The lowest BCUT2D eigenvalue weighted by Gasteiger charge is -2.25. The van der Waals surface area contributed by atoms with Crippen molar-refractivity contribution < 1.29 is 0 Å². The highest BCUT2D eigenvalue weighted by molar-refractivity contribution is 6.24. The monoisotopic (exact) mass is 672 g/mol. The number of fused-ring (bicyclic) bond motifs is 12. The molecule has 0 spiro atoms. The molecule has 0 saturated carbocycles. The molecule has 0 radical (unpaired) electrons. The van der Waals surface area contributed by atoms with Crippen LogP contribution in [0.3, 0.4) is 0 Å². The lowest BCUT2D eigenvalue weighted by Crippen LogP contribution is -2.16. The maximum absolute atomic E-state index is 2.49. The quantitative estimate of drug-likeness (QED) is 0.129. The molecule has 0 heterocycles. The zero-order valence-corrected chi connectivity index (χ0v) is 29.8. The molecule has 0 aliphatic heterocycles. The van der Waals surface area contributed by atoms with E-state index in [9.17, 15) is 0 Å². The van der Waals surface area contributed by atoms with Crippen molar-refractivity contribution in [3.63, 3.8) is 0 Å². The van der Waals surface area contributed by atoms with Crippen LogP contribution in [0, 0.1) is 0 Å². The van der Waals surface area contributed by atoms with Crippen molar-refractivity contribution >= 4 is 53.9 Å². The highest BCUT2D eigenvalue weighted by Crippen LogP contribution is 2.57. The summed E-state index contributed by atoms with van der Waals surface area (Å²) in [6.45, 7) is 4.86. The molecule has 0 bridgehead atoms. The maximum atomic E-state index is 2.49. The highest BCUT2D eigenvalue weighted by atomic mass is 14.4. The number of hydrogen-bond acceptors (Lipinski definition) is 0. The van der Waals surface area contributed by atoms with E-state index in [1.165, 1.54) is 109 Å². The molecule has 0 N–H and O–H groups in total. The van der Waals surface area contributed by atoms with Gasteiger partial charge in [0.1, 0.15) is 0 Å². The fourth-order valence-electron chi connectivity index (χ4n) is 9.79. The minimum Gasteiger partial charge on any atom is -0.0622 e. The maximum Gasteiger partial charge on any atom is 0.0171 e. The molecule has 0 saturated heterocycles. The number of rotatable bonds is 3. The molecule has 10 aromatic carbocycles. The van der Waals surface area contributed by atoms with Gasteiger partial charge in [-0.05, 0) is 122 Å². The minimum atomic E-state index is -0.162. The van der Waals surface area contributed by atoms with Crippen molar-refractivity contribution in [3.05, 3.63) is 193 Å². The Labute approximate surface area is 309 Å². The van der Waals surface area contributed by atoms with Gasteiger partial charge in [0.25, 0.3) is 0 Å². The molecule has 1 aliphatic carbocycles. The summed E-state index contributed by atoms with van der Waals surface area (Å²) in [7, 11) is 0. The second-order valence-electron chi connectivity index (χ2n) is 15.2. The summed E-state index contributed by atoms with van der Waals surface area (Å²) in [5, 5.41) is 13.0. The third kappa shape index (κ3) is 4.30. The molecule has 53 heavy (non-hydrogen) atoms. The molecular formula is C53H36. The van der Waals surface area contributed by atoms with Crippen molar-refractivity contribution in [1.29, 1.82) is 0 Å². The van der Waals surface area contributed by atoms with Gasteiger partial charge in [0.15, 0.2) is 0 Å². The average molecular weight is 673 g/mol. The molecular weight excluding hydrogens is 637 g/mol. The fraction of sp³-hybridized carbons (Fsp3) is 0.0566. The lowest BCUT2D eigenvalue weighted by atomic mass is 9.77. The van der Waals surface area contributed by atoms with Gasteiger partial charge in [-0.15, -0.1) is 0 Å². The van der Waals surface area contributed by atoms with Crippen molar-refractivity contribution in [1.82, 2.24) is 0 Å². The standard InChI is InChI=1S/C53H36/c1-53(2)51-38-20-7-6-17-34(38)27-30-46(51)50-40-22-9-8-21-39(40)47-32-37(28-29-45(47)52(50)53)49-43-25-12-10-23-41(43)48(42-24-11-13-26-44(42)49)36-19-14-18-35(31-36)33-15-4-3-5-16-33/h3-32H,1-2H3. The van der Waals surface area contributed by atoms with E-state index in [0.29, 0.717) is 0 Å². The van der Waals surface area contributed by atoms with Gasteiger partial charge < -0.3 is 0 Å². The van der Waals surface area contributed by atoms with Crippen LogP contribution in [0.2, 0.25) is 0 Å². The van der Waals surface area contributed by atoms with Crippen molar-refractivity contribution in [2.75, 3.05) is 0 Å². The summed E-state index contributed by atoms with van der Waals surface area (Å²) in [5.74, 6) is 0. The number of hydrogen-bond donors (Lipinski definition) is 0. The smallest absolute Gasteiger partial charge is 0.0171 e. The molecule has 0 unspecified atom stereocenters. The first-order valence-corrected chi connectivity index (χ1v) is 18.7. The highest BCUT2D eigenvalue weighted by Gasteiger charge is 2.39. The Bertz CT molecular complexity index is 3070. The molecule has 248 valence electrons. The average Bonchev–Trinajstić information content (AvgIpc) is 3.47. The van der Waals surface area contributed by atoms with Gasteiger partial charge in [0, 0.05) is 5.41 Å². The number of benzene rings is 10. The Morgan fingerprint density at radius 2 is 0.792 bits per heavy atom. The van der Waals surface area contributed by atoms with E-state index in [-0.39, 0.29) is 5.41 Å². The Balaban J connectivity index is 1.19. The summed E-state index contributed by atoms with van der Waals surface area (Å²) in [6, 6.07) is 67.7. The van der Waals surface area contributed by atoms with Crippen LogP contribution in [0.4, 0.5) is 0 Å². The lowest BCUT2D eigenvalue weighted by molar-refractivity contribution is 0.672. The van der Waals surface area contributed by atoms with E-state index < -0.39 is 0 Å². The molecule has 1 aliphatic rings. The van der Waals surface area contributed by atoms with Gasteiger partial charge in [0.05, 0.1) is 0 Å². The third-order valence-corrected chi connectivity index (χ3v) is 12.0. The first kappa shape index (κ1) is 30.2. The summed E-state index contributed by atoms with van der Waals surface area (Å²) < 4.78 is 0. The molecule has 0 amide bonds. The summed E-state index contributed by atoms with van der Waals surface area (Å²) in [4.78, 5) is 0. The van der Waals surface area contributed by atoms with Gasteiger partial charge >= 0.3 is 0 Å². The van der Waals surface area contributed by atoms with Crippen LogP contribution in [0.25, 0.3) is 98.4 Å². The van der Waals surface area contributed by atoms with E-state index in [4.69, 9.17) is 0 Å². The Morgan fingerprint density at radius 1 is 0.283 bits per heavy atom. The molecule has 0 heteroatoms. The zero-order valence-electron chi connectivity index (χ0n) is 29.8. The van der Waals surface area contributed by atoms with E-state index in [1.54, 1.807) is 0 Å². The van der Waals surface area contributed by atoms with Gasteiger partial charge in [0.2, 0.25) is 0 Å². The summed E-state index contributed by atoms with van der Waals surface area (Å²) >= 11 is 0. The summed E-state index contributed by atoms with van der Waals surface area (Å²) in [6.07, 6.45) is 0. The van der Waals surface area contributed by atoms with Gasteiger partial charge in [-0.3, -0.25) is 0 Å². The van der Waals surface area contributed by atoms with Crippen LogP contribution in [0.5, 0.6) is 0 Å². The second kappa shape index (κ2) is 11.2. The van der Waals surface area contributed by atoms with Crippen LogP contribution in [-0.4, -0.2) is 0 Å². The van der Waals surface area contributed by atoms with Crippen LogP contribution in [-0.2, 0) is 5.41 Å². The molecule has 10 aromatic rings. The van der Waals surface area contributed by atoms with E-state index in [2.05, 4.69) is 196 Å². The molecule has 0 aromatic heterocycles. The van der Waals surface area contributed by atoms with Crippen molar-refractivity contribution in [2.45, 2.75) is 19.3 Å². The third-order valence-electron chi connectivity index (χ3n) is 12.0. The van der Waals surface area contributed by atoms with Crippen LogP contribution in [0.1, 0.15) is 25.0 Å². The predicted molar refractivity (Wildman–Crippen MR) is 228 cm³/mol. The topological polar surface area (TPSA) is 0 Å². The summed E-state index contributed by atoms with van der Waals surface area (Å²) in [5.41, 5.74) is 13.0. The SMILES string of the molecule is CC1(C)c2c(ccc3ccccc23)-c2c1c1ccc(-c3c4ccccc4c(-c4cccc(-c5ccccc5)c4)c4ccccc34)cc1c1ccccc21. The van der Waals surface area contributed by atoms with Crippen LogP contribution < -0.4 is 0 Å². The van der Waals surface area contributed by atoms with Crippen LogP contribution >= 0.6 is 0 Å². The first-order chi connectivity index (χ1) is 26.1. The van der Waals surface area contributed by atoms with Crippen LogP contribution in [0.15, 0.2) is 182 Å². The van der Waals surface area contributed by atoms with Crippen molar-refractivity contribution in [2.24, 2.45) is 0 Å². The fourth-order valence-corrected chi connectivity index (χ4v) is 9.79. The predicted octanol–water partition coefficient (Wildman–Crippen LogP) is 14.8. The zero-order chi connectivity index (χ0) is 35.3. The normalized spacial score (nSPS) is 13.2. The minimum absolute atomic E-state index is 0.162. The molecule has 11 rings (SSSR count). The Hall–Kier alpha value is -6.50. The molecule has 0 atom stereocenters. The van der Waals surface area contributed by atoms with Crippen molar-refractivity contribution in [3.8, 4) is 44.5 Å². The Morgan fingerprint density at radius 3 is 1.45 bits per heavy atom. The largest absolute Gasteiger partial charge is 0.0622 e. The van der Waals surface area contributed by atoms with E-state index >= 15 is 0 Å². The second-order valence-corrected chi connectivity index (χ2v) is 15.2. The van der Waals surface area contributed by atoms with E-state index in [0.717, 1.165) is 0 Å². The Kier molecular flexibility index (Phi) is 6.40. The van der Waals surface area contributed by atoms with Gasteiger partial charge in [-0.25, -0.2) is 0 Å². The molecule has 0 fully saturated rings. The van der Waals surface area contributed by atoms with E-state index in [1.807, 2.05) is 0 Å². The van der Waals surface area contributed by atoms with Gasteiger partial charge in [-0.2, -0.15) is 0 Å². The molecule has 0 nitrogen and oxygen atoms in total. The first-order valence-electron chi connectivity index (χ1n) is 18.7. The van der Waals surface area contributed by atoms with Gasteiger partial charge in [-0.1, -0.05) is 184 Å².